The van der Waals surface area contributed by atoms with Crippen molar-refractivity contribution in [1.29, 1.82) is 0 Å². The molecule has 1 aromatic carbocycles. The number of benzene rings is 1. The van der Waals surface area contributed by atoms with Gasteiger partial charge in [-0.3, -0.25) is 4.90 Å². The molecular weight excluding hydrogens is 301 g/mol. The maximum Gasteiger partial charge on any atom is 0.401 e. The van der Waals surface area contributed by atoms with Crippen LogP contribution in [0, 0.1) is 0 Å². The number of hydrogen-bond acceptors (Lipinski definition) is 2. The van der Waals surface area contributed by atoms with E-state index in [2.05, 4.69) is 5.32 Å². The van der Waals surface area contributed by atoms with Crippen molar-refractivity contribution in [2.24, 2.45) is 0 Å². The monoisotopic (exact) mass is 320 g/mol. The molecule has 1 aromatic rings. The first kappa shape index (κ1) is 16.6. The van der Waals surface area contributed by atoms with Crippen LogP contribution in [-0.4, -0.2) is 37.3 Å². The standard InChI is InChI=1S/C15H20ClF3N2/c1-20-14(12-4-2-3-5-13(12)16)8-9-21(11-6-7-11)10-15(17,18)19/h2-5,11,14,20H,6-10H2,1H3. The molecule has 1 unspecified atom stereocenters. The Morgan fingerprint density at radius 1 is 1.33 bits per heavy atom. The quantitative estimate of drug-likeness (QED) is 0.816. The molecule has 0 heterocycles. The van der Waals surface area contributed by atoms with Gasteiger partial charge in [-0.2, -0.15) is 13.2 Å². The maximum atomic E-state index is 12.6. The van der Waals surface area contributed by atoms with E-state index in [4.69, 9.17) is 11.6 Å². The SMILES string of the molecule is CNC(CCN(CC(F)(F)F)C1CC1)c1ccccc1Cl. The third-order valence-corrected chi connectivity index (χ3v) is 4.12. The van der Waals surface area contributed by atoms with E-state index in [1.54, 1.807) is 18.0 Å². The lowest BCUT2D eigenvalue weighted by Crippen LogP contribution is -2.37. The van der Waals surface area contributed by atoms with Crippen molar-refractivity contribution >= 4 is 11.6 Å². The smallest absolute Gasteiger partial charge is 0.313 e. The van der Waals surface area contributed by atoms with Gasteiger partial charge in [0.25, 0.3) is 0 Å². The first-order chi connectivity index (χ1) is 9.90. The Bertz CT molecular complexity index is 460. The Hall–Kier alpha value is -0.780. The van der Waals surface area contributed by atoms with Gasteiger partial charge in [0.15, 0.2) is 0 Å². The molecule has 0 bridgehead atoms. The van der Waals surface area contributed by atoms with Crippen molar-refractivity contribution < 1.29 is 13.2 Å². The van der Waals surface area contributed by atoms with Gasteiger partial charge in [-0.25, -0.2) is 0 Å². The van der Waals surface area contributed by atoms with Gasteiger partial charge >= 0.3 is 6.18 Å². The summed E-state index contributed by atoms with van der Waals surface area (Å²) < 4.78 is 37.8. The largest absolute Gasteiger partial charge is 0.401 e. The Morgan fingerprint density at radius 2 is 2.00 bits per heavy atom. The van der Waals surface area contributed by atoms with Gasteiger partial charge in [0.2, 0.25) is 0 Å². The van der Waals surface area contributed by atoms with Crippen LogP contribution in [0.15, 0.2) is 24.3 Å². The Morgan fingerprint density at radius 3 is 2.52 bits per heavy atom. The molecule has 0 saturated heterocycles. The zero-order chi connectivity index (χ0) is 15.5. The zero-order valence-corrected chi connectivity index (χ0v) is 12.7. The van der Waals surface area contributed by atoms with Crippen LogP contribution in [0.4, 0.5) is 13.2 Å². The highest BCUT2D eigenvalue weighted by atomic mass is 35.5. The van der Waals surface area contributed by atoms with Gasteiger partial charge < -0.3 is 5.32 Å². The van der Waals surface area contributed by atoms with Gasteiger partial charge in [-0.15, -0.1) is 0 Å². The highest BCUT2D eigenvalue weighted by Gasteiger charge is 2.37. The molecule has 0 aromatic heterocycles. The highest BCUT2D eigenvalue weighted by Crippen LogP contribution is 2.32. The molecule has 0 spiro atoms. The van der Waals surface area contributed by atoms with Crippen LogP contribution < -0.4 is 5.32 Å². The molecule has 0 radical (unpaired) electrons. The Labute approximate surface area is 128 Å². The minimum absolute atomic E-state index is 0.0341. The van der Waals surface area contributed by atoms with E-state index in [0.717, 1.165) is 18.4 Å². The van der Waals surface area contributed by atoms with E-state index in [1.807, 2.05) is 18.2 Å². The van der Waals surface area contributed by atoms with Crippen molar-refractivity contribution in [2.45, 2.75) is 37.5 Å². The van der Waals surface area contributed by atoms with E-state index in [1.165, 1.54) is 0 Å². The fourth-order valence-corrected chi connectivity index (χ4v) is 2.84. The second-order valence-electron chi connectivity index (χ2n) is 5.47. The molecule has 0 amide bonds. The van der Waals surface area contributed by atoms with Gasteiger partial charge in [0, 0.05) is 23.7 Å². The summed E-state index contributed by atoms with van der Waals surface area (Å²) in [6.45, 7) is -0.405. The molecule has 1 saturated carbocycles. The summed E-state index contributed by atoms with van der Waals surface area (Å²) in [6.07, 6.45) is -1.80. The predicted molar refractivity (Wildman–Crippen MR) is 78.5 cm³/mol. The van der Waals surface area contributed by atoms with Gasteiger partial charge in [-0.1, -0.05) is 29.8 Å². The molecule has 1 aliphatic rings. The highest BCUT2D eigenvalue weighted by molar-refractivity contribution is 6.31. The Balaban J connectivity index is 1.96. The summed E-state index contributed by atoms with van der Waals surface area (Å²) in [5.74, 6) is 0. The van der Waals surface area contributed by atoms with E-state index in [9.17, 15) is 13.2 Å². The van der Waals surface area contributed by atoms with Crippen LogP contribution in [0.2, 0.25) is 5.02 Å². The summed E-state index contributed by atoms with van der Waals surface area (Å²) in [5.41, 5.74) is 0.935. The predicted octanol–water partition coefficient (Wildman–Crippen LogP) is 4.02. The molecular formula is C15H20ClF3N2. The van der Waals surface area contributed by atoms with Crippen LogP contribution >= 0.6 is 11.6 Å². The van der Waals surface area contributed by atoms with Gasteiger partial charge in [-0.05, 0) is 37.9 Å². The number of nitrogens with zero attached hydrogens (tertiary/aromatic N) is 1. The fourth-order valence-electron chi connectivity index (χ4n) is 2.57. The summed E-state index contributed by atoms with van der Waals surface area (Å²) in [7, 11) is 1.80. The van der Waals surface area contributed by atoms with Crippen molar-refractivity contribution in [3.05, 3.63) is 34.9 Å². The summed E-state index contributed by atoms with van der Waals surface area (Å²) in [5, 5.41) is 3.79. The van der Waals surface area contributed by atoms with Crippen LogP contribution in [0.3, 0.4) is 0 Å². The summed E-state index contributed by atoms with van der Waals surface area (Å²) in [4.78, 5) is 1.54. The van der Waals surface area contributed by atoms with E-state index >= 15 is 0 Å². The molecule has 6 heteroatoms. The molecule has 1 aliphatic carbocycles. The summed E-state index contributed by atoms with van der Waals surface area (Å²) in [6, 6.07) is 7.51. The minimum Gasteiger partial charge on any atom is -0.313 e. The van der Waals surface area contributed by atoms with Gasteiger partial charge in [0.1, 0.15) is 0 Å². The van der Waals surface area contributed by atoms with Crippen molar-refractivity contribution in [2.75, 3.05) is 20.1 Å². The number of alkyl halides is 3. The number of halogens is 4. The molecule has 1 N–H and O–H groups in total. The van der Waals surface area contributed by atoms with Crippen LogP contribution in [0.1, 0.15) is 30.9 Å². The maximum absolute atomic E-state index is 12.6. The molecule has 1 fully saturated rings. The third-order valence-electron chi connectivity index (χ3n) is 3.78. The normalized spacial score (nSPS) is 17.2. The second-order valence-corrected chi connectivity index (χ2v) is 5.88. The lowest BCUT2D eigenvalue weighted by atomic mass is 10.0. The first-order valence-corrected chi connectivity index (χ1v) is 7.51. The average molecular weight is 321 g/mol. The first-order valence-electron chi connectivity index (χ1n) is 7.13. The van der Waals surface area contributed by atoms with Crippen LogP contribution in [-0.2, 0) is 0 Å². The lowest BCUT2D eigenvalue weighted by molar-refractivity contribution is -0.147. The van der Waals surface area contributed by atoms with Crippen molar-refractivity contribution in [3.8, 4) is 0 Å². The molecule has 2 rings (SSSR count). The minimum atomic E-state index is -4.14. The van der Waals surface area contributed by atoms with Crippen LogP contribution in [0.5, 0.6) is 0 Å². The van der Waals surface area contributed by atoms with Crippen LogP contribution in [0.25, 0.3) is 0 Å². The lowest BCUT2D eigenvalue weighted by Gasteiger charge is -2.26. The van der Waals surface area contributed by atoms with E-state index < -0.39 is 12.7 Å². The van der Waals surface area contributed by atoms with E-state index in [-0.39, 0.29) is 12.1 Å². The number of hydrogen-bond donors (Lipinski definition) is 1. The van der Waals surface area contributed by atoms with Gasteiger partial charge in [0.05, 0.1) is 6.54 Å². The summed E-state index contributed by atoms with van der Waals surface area (Å²) >= 11 is 6.16. The Kier molecular flexibility index (Phi) is 5.52. The van der Waals surface area contributed by atoms with Crippen molar-refractivity contribution in [3.63, 3.8) is 0 Å². The topological polar surface area (TPSA) is 15.3 Å². The molecule has 0 aliphatic heterocycles. The third kappa shape index (κ3) is 5.16. The molecule has 2 nitrogen and oxygen atoms in total. The number of rotatable bonds is 7. The molecule has 1 atom stereocenters. The average Bonchev–Trinajstić information content (AvgIpc) is 3.23. The second kappa shape index (κ2) is 6.99. The zero-order valence-electron chi connectivity index (χ0n) is 12.0. The van der Waals surface area contributed by atoms with E-state index in [0.29, 0.717) is 18.0 Å². The molecule has 118 valence electrons. The fraction of sp³-hybridized carbons (Fsp3) is 0.600. The number of nitrogens with one attached hydrogen (secondary N) is 1. The molecule has 21 heavy (non-hydrogen) atoms. The van der Waals surface area contributed by atoms with Crippen molar-refractivity contribution in [1.82, 2.24) is 10.2 Å².